The molecule has 3 atom stereocenters. The van der Waals surface area contributed by atoms with E-state index in [-0.39, 0.29) is 30.9 Å². The van der Waals surface area contributed by atoms with E-state index in [4.69, 9.17) is 14.2 Å². The molecule has 2 aliphatic rings. The Morgan fingerprint density at radius 3 is 1.61 bits per heavy atom. The fourth-order valence-corrected chi connectivity index (χ4v) is 7.78. The van der Waals surface area contributed by atoms with Crippen molar-refractivity contribution in [1.29, 1.82) is 0 Å². The largest absolute Gasteiger partial charge is 0.445 e. The quantitative estimate of drug-likeness (QED) is 0.0607. The van der Waals surface area contributed by atoms with Crippen molar-refractivity contribution in [2.75, 3.05) is 0 Å². The van der Waals surface area contributed by atoms with Crippen LogP contribution in [-0.4, -0.2) is 30.1 Å². The van der Waals surface area contributed by atoms with Crippen LogP contribution in [0.1, 0.15) is 193 Å². The summed E-state index contributed by atoms with van der Waals surface area (Å²) in [6.45, 7) is 4.80. The smallest absolute Gasteiger partial charge is 0.407 e. The van der Waals surface area contributed by atoms with E-state index in [1.807, 2.05) is 30.3 Å². The molecule has 2 fully saturated rings. The van der Waals surface area contributed by atoms with Crippen LogP contribution in [0, 0.1) is 0 Å². The number of hydrogen-bond donors (Lipinski definition) is 1. The van der Waals surface area contributed by atoms with Gasteiger partial charge in [0.2, 0.25) is 0 Å². The highest BCUT2D eigenvalue weighted by molar-refractivity contribution is 5.67. The Labute approximate surface area is 331 Å². The van der Waals surface area contributed by atoms with Crippen LogP contribution < -0.4 is 5.32 Å². The first-order chi connectivity index (χ1) is 26.6. The summed E-state index contributed by atoms with van der Waals surface area (Å²) in [5, 5.41) is 3.09. The molecule has 1 aromatic carbocycles. The van der Waals surface area contributed by atoms with E-state index in [1.54, 1.807) is 0 Å². The molecule has 1 saturated heterocycles. The molecule has 1 aliphatic heterocycles. The first-order valence-corrected chi connectivity index (χ1v) is 22.6. The molecule has 1 spiro atoms. The SMILES string of the molecule is CCCCC/C=C\C/C=C\CCCCCCCC1OC2(CCC(NC(=O)OCc3ccccc3)C2)OC1CCCCCCC/C=C\C/C=C\CCCCC. The average Bonchev–Trinajstić information content (AvgIpc) is 3.74. The number of alkyl carbamates (subject to hydrolysis) is 1. The van der Waals surface area contributed by atoms with Gasteiger partial charge in [0.15, 0.2) is 5.79 Å². The van der Waals surface area contributed by atoms with Gasteiger partial charge in [-0.3, -0.25) is 0 Å². The number of nitrogens with one attached hydrogen (secondary N) is 1. The number of rotatable bonds is 31. The number of carbonyl (C=O) groups is 1. The maximum atomic E-state index is 12.6. The van der Waals surface area contributed by atoms with Crippen molar-refractivity contribution < 1.29 is 19.0 Å². The first-order valence-electron chi connectivity index (χ1n) is 22.6. The van der Waals surface area contributed by atoms with Gasteiger partial charge in [-0.05, 0) is 89.0 Å². The number of unbranched alkanes of at least 4 members (excludes halogenated alkanes) is 16. The monoisotopic (exact) mass is 746 g/mol. The predicted octanol–water partition coefficient (Wildman–Crippen LogP) is 14.6. The van der Waals surface area contributed by atoms with Crippen molar-refractivity contribution >= 4 is 6.09 Å². The molecule has 0 aromatic heterocycles. The van der Waals surface area contributed by atoms with Gasteiger partial charge in [0.1, 0.15) is 6.61 Å². The minimum Gasteiger partial charge on any atom is -0.445 e. The molecule has 1 aromatic rings. The van der Waals surface area contributed by atoms with Crippen molar-refractivity contribution in [1.82, 2.24) is 5.32 Å². The van der Waals surface area contributed by atoms with Gasteiger partial charge in [-0.2, -0.15) is 0 Å². The Morgan fingerprint density at radius 2 is 1.11 bits per heavy atom. The summed E-state index contributed by atoms with van der Waals surface area (Å²) >= 11 is 0. The van der Waals surface area contributed by atoms with Crippen LogP contribution in [0.25, 0.3) is 0 Å². The second-order valence-corrected chi connectivity index (χ2v) is 15.9. The summed E-state index contributed by atoms with van der Waals surface area (Å²) in [6.07, 6.45) is 50.7. The Bertz CT molecular complexity index is 1120. The highest BCUT2D eigenvalue weighted by Gasteiger charge is 2.51. The van der Waals surface area contributed by atoms with Crippen molar-refractivity contribution in [3.8, 4) is 0 Å². The van der Waals surface area contributed by atoms with Crippen molar-refractivity contribution in [3.63, 3.8) is 0 Å². The molecule has 3 unspecified atom stereocenters. The van der Waals surface area contributed by atoms with Crippen LogP contribution >= 0.6 is 0 Å². The Hall–Kier alpha value is -2.63. The minimum atomic E-state index is -0.569. The fourth-order valence-electron chi connectivity index (χ4n) is 7.78. The molecule has 1 aliphatic carbocycles. The number of carbonyl (C=O) groups excluding carboxylic acids is 1. The Morgan fingerprint density at radius 1 is 0.648 bits per heavy atom. The topological polar surface area (TPSA) is 56.8 Å². The van der Waals surface area contributed by atoms with Gasteiger partial charge in [-0.25, -0.2) is 4.79 Å². The molecule has 1 N–H and O–H groups in total. The summed E-state index contributed by atoms with van der Waals surface area (Å²) in [5.74, 6) is -0.569. The second-order valence-electron chi connectivity index (χ2n) is 15.9. The molecule has 1 amide bonds. The lowest BCUT2D eigenvalue weighted by atomic mass is 9.99. The van der Waals surface area contributed by atoms with E-state index in [9.17, 15) is 4.79 Å². The van der Waals surface area contributed by atoms with E-state index in [2.05, 4.69) is 67.8 Å². The van der Waals surface area contributed by atoms with Gasteiger partial charge in [0, 0.05) is 18.9 Å². The summed E-state index contributed by atoms with van der Waals surface area (Å²) in [4.78, 5) is 12.6. The van der Waals surface area contributed by atoms with E-state index in [0.29, 0.717) is 6.42 Å². The number of amides is 1. The summed E-state index contributed by atoms with van der Waals surface area (Å²) in [7, 11) is 0. The lowest BCUT2D eigenvalue weighted by Crippen LogP contribution is -2.36. The second kappa shape index (κ2) is 30.6. The van der Waals surface area contributed by atoms with Crippen LogP contribution in [-0.2, 0) is 20.8 Å². The van der Waals surface area contributed by atoms with Crippen LogP contribution in [0.3, 0.4) is 0 Å². The normalized spacial score (nSPS) is 21.6. The molecule has 5 heteroatoms. The standard InChI is InChI=1S/C49H79NO4/c1-3-5-7-9-11-13-15-17-19-21-23-25-27-29-34-38-46-47(39-35-30-28-26-24-22-20-18-16-14-12-10-8-6-4-2)54-49(53-46)41-40-45(42-49)50-48(51)52-43-44-36-32-31-33-37-44/h11-14,17-20,31-33,36-37,45-47H,3-10,15-16,21-30,34-35,38-43H2,1-2H3,(H,50,51)/b13-11-,14-12-,19-17-,20-18-. The molecule has 0 bridgehead atoms. The Kier molecular flexibility index (Phi) is 25.9. The van der Waals surface area contributed by atoms with Crippen LogP contribution in [0.5, 0.6) is 0 Å². The van der Waals surface area contributed by atoms with Gasteiger partial charge < -0.3 is 19.5 Å². The molecule has 3 rings (SSSR count). The zero-order valence-corrected chi connectivity index (χ0v) is 34.7. The van der Waals surface area contributed by atoms with Gasteiger partial charge in [0.25, 0.3) is 0 Å². The molecule has 1 saturated carbocycles. The summed E-state index contributed by atoms with van der Waals surface area (Å²) in [5.41, 5.74) is 0.991. The van der Waals surface area contributed by atoms with E-state index < -0.39 is 5.79 Å². The maximum absolute atomic E-state index is 12.6. The van der Waals surface area contributed by atoms with E-state index >= 15 is 0 Å². The molecule has 54 heavy (non-hydrogen) atoms. The summed E-state index contributed by atoms with van der Waals surface area (Å²) < 4.78 is 19.1. The number of ether oxygens (including phenoxy) is 3. The zero-order chi connectivity index (χ0) is 38.2. The van der Waals surface area contributed by atoms with Gasteiger partial charge in [-0.1, -0.05) is 170 Å². The molecular weight excluding hydrogens is 667 g/mol. The first kappa shape index (κ1) is 45.8. The van der Waals surface area contributed by atoms with Gasteiger partial charge >= 0.3 is 6.09 Å². The number of benzene rings is 1. The van der Waals surface area contributed by atoms with Gasteiger partial charge in [-0.15, -0.1) is 0 Å². The maximum Gasteiger partial charge on any atom is 0.407 e. The van der Waals surface area contributed by atoms with Crippen molar-refractivity contribution in [3.05, 3.63) is 84.5 Å². The molecule has 1 heterocycles. The lowest BCUT2D eigenvalue weighted by molar-refractivity contribution is -0.171. The van der Waals surface area contributed by atoms with E-state index in [0.717, 1.165) is 44.1 Å². The third-order valence-electron chi connectivity index (χ3n) is 11.0. The zero-order valence-electron chi connectivity index (χ0n) is 34.7. The Balaban J connectivity index is 1.33. The lowest BCUT2D eigenvalue weighted by Gasteiger charge is -2.23. The minimum absolute atomic E-state index is 0.0133. The van der Waals surface area contributed by atoms with Crippen molar-refractivity contribution in [2.24, 2.45) is 0 Å². The molecule has 0 radical (unpaired) electrons. The molecular formula is C49H79NO4. The number of allylic oxidation sites excluding steroid dienone is 8. The average molecular weight is 746 g/mol. The van der Waals surface area contributed by atoms with Crippen molar-refractivity contribution in [2.45, 2.75) is 218 Å². The van der Waals surface area contributed by atoms with Crippen LogP contribution in [0.15, 0.2) is 78.9 Å². The fraction of sp³-hybridized carbons (Fsp3) is 0.694. The van der Waals surface area contributed by atoms with Gasteiger partial charge in [0.05, 0.1) is 12.2 Å². The van der Waals surface area contributed by atoms with E-state index in [1.165, 1.54) is 128 Å². The predicted molar refractivity (Wildman–Crippen MR) is 229 cm³/mol. The van der Waals surface area contributed by atoms with Crippen LogP contribution in [0.4, 0.5) is 4.79 Å². The molecule has 304 valence electrons. The number of hydrogen-bond acceptors (Lipinski definition) is 4. The summed E-state index contributed by atoms with van der Waals surface area (Å²) in [6, 6.07) is 9.85. The third kappa shape index (κ3) is 21.5. The van der Waals surface area contributed by atoms with Crippen LogP contribution in [0.2, 0.25) is 0 Å². The molecule has 5 nitrogen and oxygen atoms in total. The highest BCUT2D eigenvalue weighted by atomic mass is 16.8. The highest BCUT2D eigenvalue weighted by Crippen LogP contribution is 2.44. The third-order valence-corrected chi connectivity index (χ3v) is 11.0.